The average molecular weight is 1580 g/mol. The maximum atomic E-state index is 12.2. The summed E-state index contributed by atoms with van der Waals surface area (Å²) in [5, 5.41) is 20.0. The van der Waals surface area contributed by atoms with Crippen LogP contribution in [0.2, 0.25) is 0 Å². The van der Waals surface area contributed by atoms with E-state index >= 15 is 0 Å². The van der Waals surface area contributed by atoms with Gasteiger partial charge in [0.1, 0.15) is 0 Å². The van der Waals surface area contributed by atoms with Gasteiger partial charge < -0.3 is 0 Å². The molecular weight excluding hydrogens is 1520 g/mol. The monoisotopic (exact) mass is 1580 g/mol. The van der Waals surface area contributed by atoms with Crippen LogP contribution >= 0.6 is 47.8 Å². The van der Waals surface area contributed by atoms with Gasteiger partial charge in [-0.1, -0.05) is 0 Å². The van der Waals surface area contributed by atoms with E-state index in [1.165, 1.54) is 36.2 Å². The number of benzene rings is 11. The Kier molecular flexibility index (Phi) is 22.0. The number of carbonyl (C=O) groups is 2. The molecule has 0 heterocycles. The molecule has 2 atom stereocenters. The van der Waals surface area contributed by atoms with Crippen LogP contribution in [-0.4, -0.2) is 70.4 Å². The number of carboxylic acid groups (broad SMARTS) is 2. The summed E-state index contributed by atoms with van der Waals surface area (Å²) in [4.78, 5) is 24.3. The molecule has 406 valence electrons. The fraction of sp³-hybridized carbons (Fsp3) is 0.0556. The molecule has 82 heavy (non-hydrogen) atoms. The molecule has 0 saturated heterocycles. The molecule has 11 rings (SSSR count). The van der Waals surface area contributed by atoms with E-state index in [2.05, 4.69) is 290 Å². The molecule has 11 aromatic rings. The van der Waals surface area contributed by atoms with Gasteiger partial charge in [-0.2, -0.15) is 0 Å². The minimum atomic E-state index is -3.47. The second-order valence-electron chi connectivity index (χ2n) is 19.7. The van der Waals surface area contributed by atoms with Crippen LogP contribution in [0.25, 0.3) is 0 Å². The van der Waals surface area contributed by atoms with Crippen molar-refractivity contribution in [1.29, 1.82) is 0 Å². The fourth-order valence-electron chi connectivity index (χ4n) is 11.4. The molecule has 0 aliphatic rings. The molecule has 0 spiro atoms. The number of carboxylic acids is 2. The Labute approximate surface area is 520 Å². The molecular formula is C72H60BiBr3Ge2O4. The Morgan fingerprint density at radius 1 is 0.293 bits per heavy atom. The van der Waals surface area contributed by atoms with E-state index in [0.717, 1.165) is 24.5 Å². The number of hydrogen-bond acceptors (Lipinski definition) is 2. The number of hydrogen-bond donors (Lipinski definition) is 2. The Morgan fingerprint density at radius 2 is 0.476 bits per heavy atom. The number of halogens is 3. The topological polar surface area (TPSA) is 74.6 Å². The minimum absolute atomic E-state index is 0.0999. The van der Waals surface area contributed by atoms with E-state index in [0.29, 0.717) is 0 Å². The zero-order valence-electron chi connectivity index (χ0n) is 44.9. The first-order chi connectivity index (χ1) is 40.1. The first kappa shape index (κ1) is 60.4. The first-order valence-corrected chi connectivity index (χ1v) is 43.3. The van der Waals surface area contributed by atoms with Crippen LogP contribution < -0.4 is 36.2 Å². The van der Waals surface area contributed by atoms with Crippen molar-refractivity contribution in [3.05, 3.63) is 340 Å². The standard InChI is InChI=1S/2C27H24GeO2.3C6H4Br.Bi/c2*29-27(30)21-26(22-13-5-1-6-14-22)28(23-15-7-2-8-16-23,24-17-9-3-10-18-24)25-19-11-4-12-20-25;3*7-6-4-2-1-3-5-6;/h2*1-20,26H,21H2,(H,29,30);3*2-5H;. The Bertz CT molecular complexity index is 3230. The van der Waals surface area contributed by atoms with E-state index in [4.69, 9.17) is 0 Å². The van der Waals surface area contributed by atoms with Crippen LogP contribution in [0, 0.1) is 0 Å². The van der Waals surface area contributed by atoms with Crippen LogP contribution in [0.1, 0.15) is 33.5 Å². The van der Waals surface area contributed by atoms with E-state index in [1.807, 2.05) is 72.8 Å². The molecule has 0 aliphatic heterocycles. The number of rotatable bonds is 17. The van der Waals surface area contributed by atoms with Gasteiger partial charge in [0.15, 0.2) is 0 Å². The van der Waals surface area contributed by atoms with Gasteiger partial charge in [-0.05, 0) is 0 Å². The van der Waals surface area contributed by atoms with Crippen molar-refractivity contribution in [2.24, 2.45) is 0 Å². The van der Waals surface area contributed by atoms with Gasteiger partial charge in [-0.3, -0.25) is 0 Å². The molecule has 0 radical (unpaired) electrons. The van der Waals surface area contributed by atoms with Crippen molar-refractivity contribution >= 4 is 144 Å². The summed E-state index contributed by atoms with van der Waals surface area (Å²) in [6, 6.07) is 110. The molecule has 0 saturated carbocycles. The quantitative estimate of drug-likeness (QED) is 0.0891. The molecule has 0 amide bonds. The van der Waals surface area contributed by atoms with Crippen molar-refractivity contribution in [1.82, 2.24) is 0 Å². The van der Waals surface area contributed by atoms with Crippen LogP contribution in [-0.2, 0) is 9.59 Å². The van der Waals surface area contributed by atoms with Crippen molar-refractivity contribution in [2.75, 3.05) is 0 Å². The van der Waals surface area contributed by atoms with E-state index < -0.39 is 60.2 Å². The summed E-state index contributed by atoms with van der Waals surface area (Å²) in [5.74, 6) is -1.52. The second kappa shape index (κ2) is 29.8. The summed E-state index contributed by atoms with van der Waals surface area (Å²) in [5.41, 5.74) is 2.19. The zero-order chi connectivity index (χ0) is 57.2. The van der Waals surface area contributed by atoms with Gasteiger partial charge in [-0.15, -0.1) is 0 Å². The fourth-order valence-corrected chi connectivity index (χ4v) is 44.1. The molecule has 10 heteroatoms. The number of aliphatic carboxylic acids is 2. The Balaban J connectivity index is 0.000000150. The van der Waals surface area contributed by atoms with Gasteiger partial charge in [0.25, 0.3) is 0 Å². The summed E-state index contributed by atoms with van der Waals surface area (Å²) >= 11 is 1.46. The normalized spacial score (nSPS) is 11.9. The Morgan fingerprint density at radius 3 is 0.659 bits per heavy atom. The molecule has 0 bridgehead atoms. The molecule has 0 aromatic heterocycles. The Hall–Kier alpha value is -6.23. The van der Waals surface area contributed by atoms with Gasteiger partial charge in [0.05, 0.1) is 0 Å². The third kappa shape index (κ3) is 14.6. The molecule has 2 unspecified atom stereocenters. The molecule has 0 aliphatic carbocycles. The third-order valence-electron chi connectivity index (χ3n) is 14.8. The molecule has 11 aromatic carbocycles. The maximum absolute atomic E-state index is 12.2. The van der Waals surface area contributed by atoms with Crippen LogP contribution in [0.4, 0.5) is 0 Å². The zero-order valence-corrected chi connectivity index (χ0v) is 57.3. The van der Waals surface area contributed by atoms with Gasteiger partial charge in [0.2, 0.25) is 0 Å². The van der Waals surface area contributed by atoms with Gasteiger partial charge >= 0.3 is 526 Å². The van der Waals surface area contributed by atoms with Crippen molar-refractivity contribution in [3.63, 3.8) is 0 Å². The van der Waals surface area contributed by atoms with Crippen molar-refractivity contribution < 1.29 is 19.8 Å². The van der Waals surface area contributed by atoms with E-state index in [-0.39, 0.29) is 22.3 Å². The predicted molar refractivity (Wildman–Crippen MR) is 358 cm³/mol. The van der Waals surface area contributed by atoms with Gasteiger partial charge in [0, 0.05) is 0 Å². The summed E-state index contributed by atoms with van der Waals surface area (Å²) in [6.07, 6.45) is 0.200. The average Bonchev–Trinajstić information content (AvgIpc) is 1.61. The summed E-state index contributed by atoms with van der Waals surface area (Å²) in [6.45, 7) is 0. The van der Waals surface area contributed by atoms with Crippen LogP contribution in [0.3, 0.4) is 0 Å². The van der Waals surface area contributed by atoms with E-state index in [1.54, 1.807) is 0 Å². The van der Waals surface area contributed by atoms with E-state index in [9.17, 15) is 19.8 Å². The predicted octanol–water partition coefficient (Wildman–Crippen LogP) is 12.4. The van der Waals surface area contributed by atoms with Crippen molar-refractivity contribution in [2.45, 2.75) is 22.3 Å². The third-order valence-corrected chi connectivity index (χ3v) is 48.2. The summed E-state index contributed by atoms with van der Waals surface area (Å²) in [7, 11) is 0. The SMILES string of the molecule is Brc1cc[c]([Bi]([c]2ccc(Br)cc2)[c]2ccc(Br)cc2)cc1.O=C(O)C[CH](c1ccccc1)[Ge]([c]1ccccc1)([c]1ccccc1)[c]1ccccc1.O=C(O)C[CH](c1ccccc1)[Ge]([c]1ccccc1)([c]1ccccc1)[c]1ccccc1. The first-order valence-electron chi connectivity index (χ1n) is 27.0. The van der Waals surface area contributed by atoms with Crippen LogP contribution in [0.5, 0.6) is 0 Å². The van der Waals surface area contributed by atoms with Crippen LogP contribution in [0.15, 0.2) is 329 Å². The van der Waals surface area contributed by atoms with Gasteiger partial charge in [-0.25, -0.2) is 0 Å². The molecule has 2 N–H and O–H groups in total. The second-order valence-corrected chi connectivity index (χ2v) is 48.0. The summed E-state index contributed by atoms with van der Waals surface area (Å²) < 4.78 is 15.3. The molecule has 0 fully saturated rings. The van der Waals surface area contributed by atoms with Crippen molar-refractivity contribution in [3.8, 4) is 0 Å². The molecule has 4 nitrogen and oxygen atoms in total.